The lowest BCUT2D eigenvalue weighted by atomic mass is 10.0. The van der Waals surface area contributed by atoms with Crippen molar-refractivity contribution in [2.24, 2.45) is 0 Å². The molecular weight excluding hydrogens is 282 g/mol. The molecule has 1 aromatic rings. The fourth-order valence-corrected chi connectivity index (χ4v) is 1.67. The van der Waals surface area contributed by atoms with E-state index in [1.807, 2.05) is 24.3 Å². The Hall–Kier alpha value is -2.48. The SMILES string of the molecule is CC(C)(C)OC(=O)NCC#Cc1ccccc1CCC(=O)O. The predicted octanol–water partition coefficient (Wildman–Crippen LogP) is 2.58. The Morgan fingerprint density at radius 3 is 2.59 bits per heavy atom. The minimum absolute atomic E-state index is 0.0643. The average molecular weight is 303 g/mol. The highest BCUT2D eigenvalue weighted by Gasteiger charge is 2.15. The molecule has 118 valence electrons. The molecule has 0 fully saturated rings. The maximum absolute atomic E-state index is 11.4. The van der Waals surface area contributed by atoms with E-state index in [-0.39, 0.29) is 13.0 Å². The number of benzene rings is 1. The van der Waals surface area contributed by atoms with Crippen molar-refractivity contribution in [1.29, 1.82) is 0 Å². The molecule has 1 aromatic carbocycles. The van der Waals surface area contributed by atoms with Crippen molar-refractivity contribution in [3.8, 4) is 11.8 Å². The van der Waals surface area contributed by atoms with E-state index in [1.54, 1.807) is 20.8 Å². The van der Waals surface area contributed by atoms with Gasteiger partial charge in [-0.1, -0.05) is 30.0 Å². The third-order valence-electron chi connectivity index (χ3n) is 2.57. The number of hydrogen-bond donors (Lipinski definition) is 2. The first-order valence-electron chi connectivity index (χ1n) is 7.03. The Balaban J connectivity index is 2.57. The molecule has 0 spiro atoms. The smallest absolute Gasteiger partial charge is 0.408 e. The van der Waals surface area contributed by atoms with Crippen LogP contribution in [0.25, 0.3) is 0 Å². The van der Waals surface area contributed by atoms with Gasteiger partial charge in [0.05, 0.1) is 6.54 Å². The van der Waals surface area contributed by atoms with Crippen molar-refractivity contribution >= 4 is 12.1 Å². The molecule has 0 bridgehead atoms. The van der Waals surface area contributed by atoms with Crippen molar-refractivity contribution in [1.82, 2.24) is 5.32 Å². The number of carbonyl (C=O) groups excluding carboxylic acids is 1. The van der Waals surface area contributed by atoms with Crippen LogP contribution in [0.3, 0.4) is 0 Å². The van der Waals surface area contributed by atoms with Gasteiger partial charge in [-0.15, -0.1) is 0 Å². The van der Waals surface area contributed by atoms with E-state index < -0.39 is 17.7 Å². The van der Waals surface area contributed by atoms with Gasteiger partial charge < -0.3 is 15.2 Å². The number of rotatable bonds is 4. The lowest BCUT2D eigenvalue weighted by Gasteiger charge is -2.19. The van der Waals surface area contributed by atoms with Crippen LogP contribution < -0.4 is 5.32 Å². The summed E-state index contributed by atoms with van der Waals surface area (Å²) in [4.78, 5) is 22.1. The molecule has 1 rings (SSSR count). The van der Waals surface area contributed by atoms with Gasteiger partial charge in [0, 0.05) is 12.0 Å². The van der Waals surface area contributed by atoms with E-state index in [0.29, 0.717) is 6.42 Å². The molecule has 0 radical (unpaired) electrons. The summed E-state index contributed by atoms with van der Waals surface area (Å²) in [6, 6.07) is 7.38. The summed E-state index contributed by atoms with van der Waals surface area (Å²) in [5.41, 5.74) is 1.12. The molecule has 0 aliphatic carbocycles. The zero-order valence-electron chi connectivity index (χ0n) is 13.1. The molecule has 0 aliphatic heterocycles. The van der Waals surface area contributed by atoms with Crippen molar-refractivity contribution in [2.75, 3.05) is 6.54 Å². The predicted molar refractivity (Wildman–Crippen MR) is 83.5 cm³/mol. The number of alkyl carbamates (subject to hydrolysis) is 1. The highest BCUT2D eigenvalue weighted by Crippen LogP contribution is 2.10. The minimum Gasteiger partial charge on any atom is -0.481 e. The fraction of sp³-hybridized carbons (Fsp3) is 0.412. The topological polar surface area (TPSA) is 75.6 Å². The van der Waals surface area contributed by atoms with E-state index in [2.05, 4.69) is 17.2 Å². The largest absolute Gasteiger partial charge is 0.481 e. The molecule has 0 saturated heterocycles. The third-order valence-corrected chi connectivity index (χ3v) is 2.57. The first kappa shape index (κ1) is 17.6. The van der Waals surface area contributed by atoms with Crippen LogP contribution in [0.4, 0.5) is 4.79 Å². The first-order valence-corrected chi connectivity index (χ1v) is 7.03. The maximum atomic E-state index is 11.4. The number of carboxylic acid groups (broad SMARTS) is 1. The van der Waals surface area contributed by atoms with Crippen LogP contribution >= 0.6 is 0 Å². The Bertz CT molecular complexity index is 591. The standard InChI is InChI=1S/C17H21NO4/c1-17(2,3)22-16(21)18-12-6-9-13-7-4-5-8-14(13)10-11-15(19)20/h4-5,7-8H,10-12H2,1-3H3,(H,18,21)(H,19,20). The summed E-state index contributed by atoms with van der Waals surface area (Å²) in [6.45, 7) is 5.53. The van der Waals surface area contributed by atoms with Crippen LogP contribution in [0.2, 0.25) is 0 Å². The van der Waals surface area contributed by atoms with Gasteiger partial charge in [0.15, 0.2) is 0 Å². The normalized spacial score (nSPS) is 10.3. The second-order valence-electron chi connectivity index (χ2n) is 5.71. The summed E-state index contributed by atoms with van der Waals surface area (Å²) in [5, 5.41) is 11.3. The number of ether oxygens (including phenoxy) is 1. The molecule has 0 saturated carbocycles. The molecule has 2 N–H and O–H groups in total. The molecule has 5 nitrogen and oxygen atoms in total. The molecule has 1 amide bonds. The number of hydrogen-bond acceptors (Lipinski definition) is 3. The zero-order chi connectivity index (χ0) is 16.6. The summed E-state index contributed by atoms with van der Waals surface area (Å²) in [5.74, 6) is 4.94. The van der Waals surface area contributed by atoms with Crippen LogP contribution in [0.1, 0.15) is 38.3 Å². The van der Waals surface area contributed by atoms with Gasteiger partial charge in [-0.2, -0.15) is 0 Å². The number of aliphatic carboxylic acids is 1. The van der Waals surface area contributed by atoms with Crippen LogP contribution in [-0.2, 0) is 16.0 Å². The lowest BCUT2D eigenvalue weighted by molar-refractivity contribution is -0.136. The third kappa shape index (κ3) is 7.34. The Kier molecular flexibility index (Phi) is 6.46. The van der Waals surface area contributed by atoms with Gasteiger partial charge >= 0.3 is 12.1 Å². The highest BCUT2D eigenvalue weighted by molar-refractivity contribution is 5.68. The zero-order valence-corrected chi connectivity index (χ0v) is 13.1. The van der Waals surface area contributed by atoms with Crippen molar-refractivity contribution < 1.29 is 19.4 Å². The first-order chi connectivity index (χ1) is 10.3. The quantitative estimate of drug-likeness (QED) is 0.838. The number of aryl methyl sites for hydroxylation is 1. The van der Waals surface area contributed by atoms with Gasteiger partial charge in [0.1, 0.15) is 5.60 Å². The van der Waals surface area contributed by atoms with Gasteiger partial charge in [-0.3, -0.25) is 4.79 Å². The molecule has 5 heteroatoms. The van der Waals surface area contributed by atoms with Crippen molar-refractivity contribution in [3.63, 3.8) is 0 Å². The Morgan fingerprint density at radius 1 is 1.27 bits per heavy atom. The molecule has 0 unspecified atom stereocenters. The summed E-state index contributed by atoms with van der Waals surface area (Å²) < 4.78 is 5.10. The van der Waals surface area contributed by atoms with Gasteiger partial charge in [0.25, 0.3) is 0 Å². The van der Waals surface area contributed by atoms with Crippen molar-refractivity contribution in [3.05, 3.63) is 35.4 Å². The van der Waals surface area contributed by atoms with Crippen LogP contribution in [0, 0.1) is 11.8 Å². The van der Waals surface area contributed by atoms with Gasteiger partial charge in [-0.25, -0.2) is 4.79 Å². The average Bonchev–Trinajstić information content (AvgIpc) is 2.40. The molecule has 0 aromatic heterocycles. The molecule has 0 heterocycles. The number of nitrogens with one attached hydrogen (secondary N) is 1. The Morgan fingerprint density at radius 2 is 1.95 bits per heavy atom. The number of amides is 1. The number of carbonyl (C=O) groups is 2. The monoisotopic (exact) mass is 303 g/mol. The van der Waals surface area contributed by atoms with Gasteiger partial charge in [0.2, 0.25) is 0 Å². The Labute approximate surface area is 130 Å². The van der Waals surface area contributed by atoms with Gasteiger partial charge in [-0.05, 0) is 38.8 Å². The van der Waals surface area contributed by atoms with E-state index in [0.717, 1.165) is 11.1 Å². The van der Waals surface area contributed by atoms with Crippen LogP contribution in [-0.4, -0.2) is 29.3 Å². The molecule has 0 aliphatic rings. The molecule has 0 atom stereocenters. The summed E-state index contributed by atoms with van der Waals surface area (Å²) in [6.07, 6.45) is -0.0184. The van der Waals surface area contributed by atoms with Crippen LogP contribution in [0.5, 0.6) is 0 Å². The molecular formula is C17H21NO4. The second-order valence-corrected chi connectivity index (χ2v) is 5.71. The van der Waals surface area contributed by atoms with E-state index >= 15 is 0 Å². The summed E-state index contributed by atoms with van der Waals surface area (Å²) in [7, 11) is 0. The summed E-state index contributed by atoms with van der Waals surface area (Å²) >= 11 is 0. The van der Waals surface area contributed by atoms with E-state index in [4.69, 9.17) is 9.84 Å². The highest BCUT2D eigenvalue weighted by atomic mass is 16.6. The van der Waals surface area contributed by atoms with E-state index in [9.17, 15) is 9.59 Å². The second kappa shape index (κ2) is 8.08. The number of carboxylic acids is 1. The maximum Gasteiger partial charge on any atom is 0.408 e. The minimum atomic E-state index is -0.839. The van der Waals surface area contributed by atoms with Crippen LogP contribution in [0.15, 0.2) is 24.3 Å². The van der Waals surface area contributed by atoms with E-state index in [1.165, 1.54) is 0 Å². The molecule has 22 heavy (non-hydrogen) atoms. The fourth-order valence-electron chi connectivity index (χ4n) is 1.67. The lowest BCUT2D eigenvalue weighted by Crippen LogP contribution is -2.32. The van der Waals surface area contributed by atoms with Crippen molar-refractivity contribution in [2.45, 2.75) is 39.2 Å².